The normalized spacial score (nSPS) is 23.8. The van der Waals surface area contributed by atoms with Gasteiger partial charge in [-0.15, -0.1) is 0 Å². The first-order valence-corrected chi connectivity index (χ1v) is 14.8. The minimum Gasteiger partial charge on any atom is -0.480 e. The monoisotopic (exact) mass is 560 g/mol. The summed E-state index contributed by atoms with van der Waals surface area (Å²) in [5, 5.41) is 10.1. The molecule has 2 unspecified atom stereocenters. The van der Waals surface area contributed by atoms with Gasteiger partial charge in [0.2, 0.25) is 0 Å². The second-order valence-electron chi connectivity index (χ2n) is 12.2. The zero-order valence-electron chi connectivity index (χ0n) is 23.0. The van der Waals surface area contributed by atoms with E-state index in [2.05, 4.69) is 9.80 Å². The zero-order chi connectivity index (χ0) is 28.2. The summed E-state index contributed by atoms with van der Waals surface area (Å²) in [4.78, 5) is 16.8. The predicted molar refractivity (Wildman–Crippen MR) is 146 cm³/mol. The van der Waals surface area contributed by atoms with E-state index in [1.165, 1.54) is 12.5 Å². The highest BCUT2D eigenvalue weighted by molar-refractivity contribution is 5.73. The van der Waals surface area contributed by atoms with E-state index in [4.69, 9.17) is 0 Å². The van der Waals surface area contributed by atoms with Gasteiger partial charge >= 0.3 is 5.97 Å². The number of benzene rings is 2. The van der Waals surface area contributed by atoms with E-state index in [1.807, 2.05) is 6.07 Å². The summed E-state index contributed by atoms with van der Waals surface area (Å²) in [6, 6.07) is 7.74. The van der Waals surface area contributed by atoms with Gasteiger partial charge < -0.3 is 10.0 Å². The van der Waals surface area contributed by atoms with E-state index < -0.39 is 29.5 Å². The minimum absolute atomic E-state index is 0.0370. The fourth-order valence-corrected chi connectivity index (χ4v) is 7.08. The summed E-state index contributed by atoms with van der Waals surface area (Å²) in [6.07, 6.45) is 7.86. The lowest BCUT2D eigenvalue weighted by Gasteiger charge is -2.35. The molecule has 4 nitrogen and oxygen atoms in total. The molecule has 1 aliphatic carbocycles. The predicted octanol–water partition coefficient (Wildman–Crippen LogP) is 6.64. The van der Waals surface area contributed by atoms with Crippen molar-refractivity contribution in [2.24, 2.45) is 17.8 Å². The van der Waals surface area contributed by atoms with Crippen molar-refractivity contribution in [3.8, 4) is 0 Å². The quantitative estimate of drug-likeness (QED) is 0.313. The van der Waals surface area contributed by atoms with Crippen molar-refractivity contribution >= 4 is 5.97 Å². The Balaban J connectivity index is 1.16. The highest BCUT2D eigenvalue weighted by Gasteiger charge is 2.41. The lowest BCUT2D eigenvalue weighted by Crippen LogP contribution is -2.43. The maximum atomic E-state index is 14.2. The summed E-state index contributed by atoms with van der Waals surface area (Å²) in [6.45, 7) is 4.00. The Morgan fingerprint density at radius 2 is 1.65 bits per heavy atom. The molecule has 3 aliphatic rings. The molecule has 0 amide bonds. The molecule has 3 atom stereocenters. The molecule has 40 heavy (non-hydrogen) atoms. The van der Waals surface area contributed by atoms with E-state index in [0.29, 0.717) is 37.8 Å². The molecule has 2 saturated heterocycles. The van der Waals surface area contributed by atoms with Gasteiger partial charge in [-0.1, -0.05) is 37.8 Å². The van der Waals surface area contributed by atoms with Gasteiger partial charge in [0.1, 0.15) is 29.3 Å². The second kappa shape index (κ2) is 13.0. The number of carboxylic acids is 1. The Labute approximate surface area is 234 Å². The summed E-state index contributed by atoms with van der Waals surface area (Å²) >= 11 is 0. The highest BCUT2D eigenvalue weighted by atomic mass is 19.1. The van der Waals surface area contributed by atoms with Gasteiger partial charge in [0, 0.05) is 43.2 Å². The van der Waals surface area contributed by atoms with Crippen molar-refractivity contribution in [1.29, 1.82) is 0 Å². The zero-order valence-corrected chi connectivity index (χ0v) is 23.0. The first-order valence-electron chi connectivity index (χ1n) is 14.8. The smallest absolute Gasteiger partial charge is 0.320 e. The number of likely N-dealkylation sites (tertiary alicyclic amines) is 2. The van der Waals surface area contributed by atoms with Crippen LogP contribution in [0.4, 0.5) is 17.6 Å². The number of hydrogen-bond donors (Lipinski definition) is 1. The number of piperidine rings is 1. The third-order valence-electron chi connectivity index (χ3n) is 9.60. The van der Waals surface area contributed by atoms with Gasteiger partial charge in [-0.3, -0.25) is 9.69 Å². The Kier molecular flexibility index (Phi) is 9.46. The average Bonchev–Trinajstić information content (AvgIpc) is 3.29. The molecule has 0 radical (unpaired) electrons. The Morgan fingerprint density at radius 1 is 0.925 bits per heavy atom. The van der Waals surface area contributed by atoms with E-state index in [0.717, 1.165) is 69.4 Å². The van der Waals surface area contributed by atoms with Crippen molar-refractivity contribution < 1.29 is 27.5 Å². The number of rotatable bonds is 11. The van der Waals surface area contributed by atoms with E-state index in [1.54, 1.807) is 12.1 Å². The summed E-state index contributed by atoms with van der Waals surface area (Å²) in [7, 11) is 0. The molecule has 2 aromatic carbocycles. The molecule has 2 aliphatic heterocycles. The third-order valence-corrected chi connectivity index (χ3v) is 9.60. The fraction of sp³-hybridized carbons (Fsp3) is 0.594. The topological polar surface area (TPSA) is 43.8 Å². The Morgan fingerprint density at radius 3 is 2.27 bits per heavy atom. The van der Waals surface area contributed by atoms with Crippen molar-refractivity contribution in [1.82, 2.24) is 9.80 Å². The van der Waals surface area contributed by atoms with Gasteiger partial charge in [0.15, 0.2) is 0 Å². The molecule has 3 fully saturated rings. The Bertz CT molecular complexity index is 1140. The molecule has 1 N–H and O–H groups in total. The molecule has 218 valence electrons. The molecule has 8 heteroatoms. The van der Waals surface area contributed by atoms with Crippen LogP contribution in [0.1, 0.15) is 68.4 Å². The van der Waals surface area contributed by atoms with Crippen molar-refractivity contribution in [2.75, 3.05) is 32.7 Å². The van der Waals surface area contributed by atoms with Crippen LogP contribution in [0.2, 0.25) is 0 Å². The summed E-state index contributed by atoms with van der Waals surface area (Å²) < 4.78 is 55.2. The summed E-state index contributed by atoms with van der Waals surface area (Å²) in [5.41, 5.74) is 0.903. The second-order valence-corrected chi connectivity index (χ2v) is 12.2. The van der Waals surface area contributed by atoms with Crippen LogP contribution < -0.4 is 0 Å². The van der Waals surface area contributed by atoms with Gasteiger partial charge in [0.25, 0.3) is 0 Å². The molecule has 5 rings (SSSR count). The van der Waals surface area contributed by atoms with Crippen LogP contribution >= 0.6 is 0 Å². The number of aliphatic carboxylic acids is 1. The van der Waals surface area contributed by atoms with Crippen LogP contribution in [0.15, 0.2) is 36.4 Å². The summed E-state index contributed by atoms with van der Waals surface area (Å²) in [5.74, 6) is -2.29. The van der Waals surface area contributed by atoms with Crippen molar-refractivity contribution in [2.45, 2.75) is 69.7 Å². The fourth-order valence-electron chi connectivity index (χ4n) is 7.08. The molecule has 1 saturated carbocycles. The third kappa shape index (κ3) is 7.06. The van der Waals surface area contributed by atoms with Crippen molar-refractivity contribution in [3.63, 3.8) is 0 Å². The maximum absolute atomic E-state index is 14.2. The van der Waals surface area contributed by atoms with Gasteiger partial charge in [-0.25, -0.2) is 17.6 Å². The lowest BCUT2D eigenvalue weighted by atomic mass is 9.80. The molecule has 0 aromatic heterocycles. The van der Waals surface area contributed by atoms with Crippen LogP contribution in [0.3, 0.4) is 0 Å². The van der Waals surface area contributed by atoms with E-state index >= 15 is 0 Å². The number of nitrogens with zero attached hydrogens (tertiary/aromatic N) is 2. The molecule has 2 heterocycles. The lowest BCUT2D eigenvalue weighted by molar-refractivity contribution is -0.144. The van der Waals surface area contributed by atoms with Crippen LogP contribution in [-0.2, 0) is 11.2 Å². The first-order chi connectivity index (χ1) is 19.3. The average molecular weight is 561 g/mol. The van der Waals surface area contributed by atoms with E-state index in [-0.39, 0.29) is 29.6 Å². The molecule has 0 spiro atoms. The minimum atomic E-state index is -0.895. The van der Waals surface area contributed by atoms with Crippen LogP contribution in [0.5, 0.6) is 0 Å². The molecule has 2 aromatic rings. The molecular weight excluding hydrogens is 520 g/mol. The number of carbonyl (C=O) groups is 1. The standard InChI is InChI=1S/C32H40F4N2O2/c33-25-8-3-7-23(15-25)28-20-38(31(32(39)40)14-22-5-1-6-22)19-24(28)18-37-12-10-21(11-13-37)4-2-9-27-29(35)16-26(34)17-30(27)36/h3,7-8,15-17,21-22,24,28,31H,1-2,4-6,9-14,18-20H2,(H,39,40)/t24?,28?,31-/m1/s1. The molecule has 0 bridgehead atoms. The maximum Gasteiger partial charge on any atom is 0.320 e. The first kappa shape index (κ1) is 29.1. The molecular formula is C32H40F4N2O2. The Hall–Kier alpha value is -2.45. The van der Waals surface area contributed by atoms with Crippen LogP contribution in [0, 0.1) is 41.0 Å². The van der Waals surface area contributed by atoms with Crippen LogP contribution in [0.25, 0.3) is 0 Å². The van der Waals surface area contributed by atoms with E-state index in [9.17, 15) is 27.5 Å². The van der Waals surface area contributed by atoms with Crippen LogP contribution in [-0.4, -0.2) is 59.6 Å². The largest absolute Gasteiger partial charge is 0.480 e. The SMILES string of the molecule is O=C(O)[C@@H](CC1CCC1)N1CC(CN2CCC(CCCc3c(F)cc(F)cc3F)CC2)C(c2cccc(F)c2)C1. The number of halogens is 4. The van der Waals surface area contributed by atoms with Gasteiger partial charge in [-0.2, -0.15) is 0 Å². The van der Waals surface area contributed by atoms with Gasteiger partial charge in [-0.05, 0) is 80.6 Å². The van der Waals surface area contributed by atoms with Gasteiger partial charge in [0.05, 0.1) is 0 Å². The van der Waals surface area contributed by atoms with Crippen molar-refractivity contribution in [3.05, 3.63) is 70.8 Å². The number of carboxylic acid groups (broad SMARTS) is 1. The number of hydrogen-bond acceptors (Lipinski definition) is 3. The highest BCUT2D eigenvalue weighted by Crippen LogP contribution is 2.38.